The van der Waals surface area contributed by atoms with Gasteiger partial charge in [-0.2, -0.15) is 0 Å². The zero-order valence-electron chi connectivity index (χ0n) is 19.2. The molecule has 0 saturated heterocycles. The molecule has 0 heterocycles. The fraction of sp³-hybridized carbons (Fsp3) is 0.417. The van der Waals surface area contributed by atoms with E-state index in [2.05, 4.69) is 4.72 Å². The molecule has 1 N–H and O–H groups in total. The third kappa shape index (κ3) is 6.56. The highest BCUT2D eigenvalue weighted by Gasteiger charge is 2.48. The van der Waals surface area contributed by atoms with E-state index in [1.165, 1.54) is 6.92 Å². The molecule has 2 aromatic rings. The van der Waals surface area contributed by atoms with Gasteiger partial charge in [-0.25, -0.2) is 4.21 Å². The molecule has 32 heavy (non-hydrogen) atoms. The minimum atomic E-state index is -1.90. The third-order valence-corrected chi connectivity index (χ3v) is 6.45. The maximum Gasteiger partial charge on any atom is 0.322 e. The molecule has 2 rings (SSSR count). The molecular weight excluding hydrogens is 450 g/mol. The number of benzene rings is 2. The van der Waals surface area contributed by atoms with Crippen LogP contribution in [0.2, 0.25) is 5.02 Å². The van der Waals surface area contributed by atoms with Crippen molar-refractivity contribution in [2.24, 2.45) is 11.3 Å². The smallest absolute Gasteiger partial charge is 0.322 e. The number of carbonyl (C=O) groups is 2. The lowest BCUT2D eigenvalue weighted by Gasteiger charge is -2.34. The Kier molecular flexibility index (Phi) is 8.48. The van der Waals surface area contributed by atoms with Gasteiger partial charge in [0.05, 0.1) is 4.90 Å². The molecule has 0 bridgehead atoms. The number of carbonyl (C=O) groups excluding carboxylic acids is 2. The molecule has 0 aliphatic carbocycles. The summed E-state index contributed by atoms with van der Waals surface area (Å²) < 4.78 is 26.7. The number of halogens is 1. The van der Waals surface area contributed by atoms with Crippen molar-refractivity contribution in [1.29, 1.82) is 0 Å². The second kappa shape index (κ2) is 10.5. The molecular formula is C24H30ClNO5S. The van der Waals surface area contributed by atoms with Gasteiger partial charge in [-0.1, -0.05) is 37.9 Å². The molecule has 1 amide bonds. The Hall–Kier alpha value is -2.38. The number of rotatable bonds is 8. The Labute approximate surface area is 197 Å². The number of hydrogen-bond donors (Lipinski definition) is 1. The summed E-state index contributed by atoms with van der Waals surface area (Å²) in [5, 5.41) is 0.587. The monoisotopic (exact) mass is 479 g/mol. The minimum Gasteiger partial charge on any atom is -0.459 e. The van der Waals surface area contributed by atoms with E-state index in [9.17, 15) is 13.8 Å². The van der Waals surface area contributed by atoms with E-state index < -0.39 is 33.9 Å². The first-order valence-corrected chi connectivity index (χ1v) is 11.9. The highest BCUT2D eigenvalue weighted by molar-refractivity contribution is 7.83. The molecule has 0 radical (unpaired) electrons. The van der Waals surface area contributed by atoms with E-state index >= 15 is 0 Å². The predicted molar refractivity (Wildman–Crippen MR) is 126 cm³/mol. The van der Waals surface area contributed by atoms with Gasteiger partial charge in [-0.05, 0) is 76.1 Å². The Morgan fingerprint density at radius 3 is 2.25 bits per heavy atom. The SMILES string of the molecule is CC[C@H](C)C(C)(C(=O)NS(=O)c1cccc(Oc2ccc(Cl)cc2)c1)C(=O)OC(C)(C)C. The number of ether oxygens (including phenoxy) is 2. The van der Waals surface area contributed by atoms with Gasteiger partial charge in [0.1, 0.15) is 22.5 Å². The fourth-order valence-corrected chi connectivity index (χ4v) is 3.90. The molecule has 0 fully saturated rings. The average Bonchev–Trinajstić information content (AvgIpc) is 2.73. The van der Waals surface area contributed by atoms with E-state index in [0.29, 0.717) is 27.8 Å². The van der Waals surface area contributed by atoms with E-state index in [1.807, 2.05) is 6.92 Å². The first kappa shape index (κ1) is 25.9. The lowest BCUT2D eigenvalue weighted by molar-refractivity contribution is -0.173. The Balaban J connectivity index is 2.21. The minimum absolute atomic E-state index is 0.325. The summed E-state index contributed by atoms with van der Waals surface area (Å²) in [6, 6.07) is 13.4. The third-order valence-electron chi connectivity index (χ3n) is 5.15. The number of nitrogens with one attached hydrogen (secondary N) is 1. The molecule has 0 aliphatic rings. The van der Waals surface area contributed by atoms with Crippen LogP contribution in [0.4, 0.5) is 0 Å². The number of esters is 1. The van der Waals surface area contributed by atoms with Gasteiger partial charge < -0.3 is 9.47 Å². The van der Waals surface area contributed by atoms with Gasteiger partial charge in [-0.15, -0.1) is 0 Å². The normalized spacial score (nSPS) is 15.2. The quantitative estimate of drug-likeness (QED) is 0.390. The summed E-state index contributed by atoms with van der Waals surface area (Å²) in [7, 11) is -1.90. The van der Waals surface area contributed by atoms with E-state index in [4.69, 9.17) is 21.1 Å². The molecule has 0 spiro atoms. The molecule has 8 heteroatoms. The molecule has 0 saturated carbocycles. The number of hydrogen-bond acceptors (Lipinski definition) is 5. The zero-order chi connectivity index (χ0) is 24.1. The van der Waals surface area contributed by atoms with Crippen LogP contribution in [0.3, 0.4) is 0 Å². The Morgan fingerprint density at radius 2 is 1.69 bits per heavy atom. The lowest BCUT2D eigenvalue weighted by Crippen LogP contribution is -2.51. The van der Waals surface area contributed by atoms with Crippen LogP contribution in [0.15, 0.2) is 53.4 Å². The second-order valence-corrected chi connectivity index (χ2v) is 10.4. The maximum absolute atomic E-state index is 13.1. The predicted octanol–water partition coefficient (Wildman–Crippen LogP) is 5.67. The molecule has 2 aromatic carbocycles. The van der Waals surface area contributed by atoms with Crippen molar-refractivity contribution < 1.29 is 23.3 Å². The maximum atomic E-state index is 13.1. The van der Waals surface area contributed by atoms with E-state index in [-0.39, 0.29) is 5.92 Å². The van der Waals surface area contributed by atoms with Crippen molar-refractivity contribution in [3.63, 3.8) is 0 Å². The van der Waals surface area contributed by atoms with Gasteiger partial charge in [0.2, 0.25) is 5.91 Å². The van der Waals surface area contributed by atoms with Crippen molar-refractivity contribution in [2.45, 2.75) is 58.5 Å². The van der Waals surface area contributed by atoms with E-state index in [0.717, 1.165) is 0 Å². The van der Waals surface area contributed by atoms with Crippen molar-refractivity contribution >= 4 is 34.5 Å². The number of amides is 1. The van der Waals surface area contributed by atoms with Gasteiger partial charge >= 0.3 is 5.97 Å². The summed E-state index contributed by atoms with van der Waals surface area (Å²) in [5.41, 5.74) is -2.24. The topological polar surface area (TPSA) is 81.7 Å². The first-order chi connectivity index (χ1) is 14.9. The Bertz CT molecular complexity index is 987. The van der Waals surface area contributed by atoms with Crippen LogP contribution in [-0.2, 0) is 25.3 Å². The van der Waals surface area contributed by atoms with Crippen molar-refractivity contribution in [2.75, 3.05) is 0 Å². The van der Waals surface area contributed by atoms with Crippen LogP contribution in [-0.4, -0.2) is 21.7 Å². The van der Waals surface area contributed by atoms with E-state index in [1.54, 1.807) is 76.2 Å². The highest BCUT2D eigenvalue weighted by Crippen LogP contribution is 2.34. The second-order valence-electron chi connectivity index (χ2n) is 8.74. The van der Waals surface area contributed by atoms with Crippen LogP contribution in [0, 0.1) is 11.3 Å². The molecule has 0 aliphatic heterocycles. The van der Waals surface area contributed by atoms with Crippen LogP contribution in [0.1, 0.15) is 48.0 Å². The van der Waals surface area contributed by atoms with Gasteiger partial charge in [0, 0.05) is 5.02 Å². The average molecular weight is 480 g/mol. The molecule has 174 valence electrons. The standard InChI is InChI=1S/C24H30ClNO5S/c1-7-16(2)24(6,22(28)31-23(3,4)5)21(27)26-32(29)20-10-8-9-19(15-20)30-18-13-11-17(25)12-14-18/h8-16H,7H2,1-6H3,(H,26,27)/t16-,24?,32?/m0/s1. The highest BCUT2D eigenvalue weighted by atomic mass is 35.5. The van der Waals surface area contributed by atoms with Crippen molar-refractivity contribution in [3.05, 3.63) is 53.6 Å². The van der Waals surface area contributed by atoms with Gasteiger partial charge in [0.15, 0.2) is 11.0 Å². The summed E-state index contributed by atoms with van der Waals surface area (Å²) in [5.74, 6) is -0.606. The zero-order valence-corrected chi connectivity index (χ0v) is 20.8. The summed E-state index contributed by atoms with van der Waals surface area (Å²) in [6.45, 7) is 10.4. The first-order valence-electron chi connectivity index (χ1n) is 10.4. The van der Waals surface area contributed by atoms with Crippen molar-refractivity contribution in [1.82, 2.24) is 4.72 Å². The van der Waals surface area contributed by atoms with Gasteiger partial charge in [-0.3, -0.25) is 14.3 Å². The van der Waals surface area contributed by atoms with Crippen LogP contribution in [0.25, 0.3) is 0 Å². The molecule has 3 atom stereocenters. The summed E-state index contributed by atoms with van der Waals surface area (Å²) in [4.78, 5) is 26.4. The lowest BCUT2D eigenvalue weighted by atomic mass is 9.76. The largest absolute Gasteiger partial charge is 0.459 e. The molecule has 6 nitrogen and oxygen atoms in total. The molecule has 2 unspecified atom stereocenters. The van der Waals surface area contributed by atoms with Gasteiger partial charge in [0.25, 0.3) is 0 Å². The molecule has 0 aromatic heterocycles. The fourth-order valence-electron chi connectivity index (χ4n) is 2.85. The van der Waals surface area contributed by atoms with Crippen molar-refractivity contribution in [3.8, 4) is 11.5 Å². The van der Waals surface area contributed by atoms with Crippen LogP contribution >= 0.6 is 11.6 Å². The Morgan fingerprint density at radius 1 is 1.06 bits per heavy atom. The van der Waals surface area contributed by atoms with Crippen LogP contribution in [0.5, 0.6) is 11.5 Å². The summed E-state index contributed by atoms with van der Waals surface area (Å²) in [6.07, 6.45) is 0.570. The summed E-state index contributed by atoms with van der Waals surface area (Å²) >= 11 is 5.89. The van der Waals surface area contributed by atoms with Crippen LogP contribution < -0.4 is 9.46 Å².